The highest BCUT2D eigenvalue weighted by Crippen LogP contribution is 2.34. The minimum atomic E-state index is -0.0980. The fraction of sp³-hybridized carbons (Fsp3) is 0.929. The Morgan fingerprint density at radius 2 is 1.65 bits per heavy atom. The maximum atomic E-state index is 12.7. The molecule has 1 fully saturated rings. The molecule has 0 radical (unpaired) electrons. The van der Waals surface area contributed by atoms with E-state index in [9.17, 15) is 4.79 Å². The molecule has 1 saturated heterocycles. The van der Waals surface area contributed by atoms with Gasteiger partial charge in [0.15, 0.2) is 0 Å². The topological polar surface area (TPSA) is 23.6 Å². The Bertz CT molecular complexity index is 286. The van der Waals surface area contributed by atoms with Crippen molar-refractivity contribution in [3.63, 3.8) is 0 Å². The largest absolute Gasteiger partial charge is 0.325 e. The first-order valence-corrected chi connectivity index (χ1v) is 6.53. The summed E-state index contributed by atoms with van der Waals surface area (Å²) >= 11 is 0. The third-order valence-corrected chi connectivity index (χ3v) is 3.60. The Labute approximate surface area is 106 Å². The highest BCUT2D eigenvalue weighted by molar-refractivity contribution is 5.80. The van der Waals surface area contributed by atoms with Crippen molar-refractivity contribution in [3.05, 3.63) is 0 Å². The van der Waals surface area contributed by atoms with Crippen LogP contribution in [0.2, 0.25) is 0 Å². The van der Waals surface area contributed by atoms with E-state index in [4.69, 9.17) is 0 Å². The van der Waals surface area contributed by atoms with Crippen LogP contribution >= 0.6 is 0 Å². The molecule has 0 aliphatic carbocycles. The Balaban J connectivity index is 3.02. The summed E-state index contributed by atoms with van der Waals surface area (Å²) < 4.78 is 0. The zero-order valence-electron chi connectivity index (χ0n) is 12.5. The summed E-state index contributed by atoms with van der Waals surface area (Å²) in [6, 6.07) is 0. The van der Waals surface area contributed by atoms with Gasteiger partial charge in [-0.1, -0.05) is 20.8 Å². The SMILES string of the molecule is CN1CCC(C(C)(C)C)C(=O)N(C(C)(C)C)C1. The second-order valence-electron chi connectivity index (χ2n) is 7.37. The van der Waals surface area contributed by atoms with Crippen molar-refractivity contribution in [2.24, 2.45) is 11.3 Å². The van der Waals surface area contributed by atoms with Gasteiger partial charge < -0.3 is 4.90 Å². The van der Waals surface area contributed by atoms with Crippen molar-refractivity contribution in [3.8, 4) is 0 Å². The molecule has 1 rings (SSSR count). The summed E-state index contributed by atoms with van der Waals surface area (Å²) in [7, 11) is 2.09. The molecular weight excluding hydrogens is 212 g/mol. The molecule has 3 heteroatoms. The lowest BCUT2D eigenvalue weighted by atomic mass is 9.77. The first kappa shape index (κ1) is 14.5. The van der Waals surface area contributed by atoms with Gasteiger partial charge in [0.2, 0.25) is 5.91 Å². The summed E-state index contributed by atoms with van der Waals surface area (Å²) in [5.41, 5.74) is -0.0506. The van der Waals surface area contributed by atoms with Crippen LogP contribution in [0.5, 0.6) is 0 Å². The zero-order chi connectivity index (χ0) is 13.4. The van der Waals surface area contributed by atoms with E-state index in [1.807, 2.05) is 4.90 Å². The van der Waals surface area contributed by atoms with Crippen molar-refractivity contribution >= 4 is 5.91 Å². The molecule has 3 nitrogen and oxygen atoms in total. The van der Waals surface area contributed by atoms with Gasteiger partial charge >= 0.3 is 0 Å². The third kappa shape index (κ3) is 3.44. The van der Waals surface area contributed by atoms with Crippen LogP contribution in [0.25, 0.3) is 0 Å². The Morgan fingerprint density at radius 1 is 1.12 bits per heavy atom. The first-order chi connectivity index (χ1) is 7.53. The van der Waals surface area contributed by atoms with Gasteiger partial charge in [0.25, 0.3) is 0 Å². The van der Waals surface area contributed by atoms with Crippen LogP contribution in [0.4, 0.5) is 0 Å². The number of hydrogen-bond acceptors (Lipinski definition) is 2. The van der Waals surface area contributed by atoms with Crippen LogP contribution in [-0.4, -0.2) is 41.5 Å². The predicted octanol–water partition coefficient (Wildman–Crippen LogP) is 2.57. The van der Waals surface area contributed by atoms with Crippen LogP contribution in [0.1, 0.15) is 48.0 Å². The normalized spacial score (nSPS) is 25.0. The van der Waals surface area contributed by atoms with Crippen molar-refractivity contribution in [2.45, 2.75) is 53.5 Å². The molecule has 0 bridgehead atoms. The van der Waals surface area contributed by atoms with E-state index in [0.29, 0.717) is 5.91 Å². The molecule has 0 saturated carbocycles. The lowest BCUT2D eigenvalue weighted by Crippen LogP contribution is -2.51. The highest BCUT2D eigenvalue weighted by Gasteiger charge is 2.40. The van der Waals surface area contributed by atoms with Crippen molar-refractivity contribution in [1.29, 1.82) is 0 Å². The minimum absolute atomic E-state index is 0.0474. The maximum absolute atomic E-state index is 12.7. The maximum Gasteiger partial charge on any atom is 0.227 e. The van der Waals surface area contributed by atoms with Gasteiger partial charge in [-0.2, -0.15) is 0 Å². The number of amides is 1. The standard InChI is InChI=1S/C14H28N2O/c1-13(2,3)11-8-9-15(7)10-16(12(11)17)14(4,5)6/h11H,8-10H2,1-7H3. The number of hydrogen-bond donors (Lipinski definition) is 0. The second kappa shape index (κ2) is 4.60. The molecule has 0 aromatic heterocycles. The lowest BCUT2D eigenvalue weighted by Gasteiger charge is -2.40. The number of carbonyl (C=O) groups is 1. The van der Waals surface area contributed by atoms with Crippen LogP contribution in [0.15, 0.2) is 0 Å². The molecule has 17 heavy (non-hydrogen) atoms. The molecule has 1 heterocycles. The molecule has 1 unspecified atom stereocenters. The lowest BCUT2D eigenvalue weighted by molar-refractivity contribution is -0.144. The van der Waals surface area contributed by atoms with Crippen molar-refractivity contribution < 1.29 is 4.79 Å². The zero-order valence-corrected chi connectivity index (χ0v) is 12.5. The van der Waals surface area contributed by atoms with Crippen molar-refractivity contribution in [2.75, 3.05) is 20.3 Å². The van der Waals surface area contributed by atoms with Gasteiger partial charge in [-0.25, -0.2) is 0 Å². The molecule has 0 aromatic carbocycles. The van der Waals surface area contributed by atoms with E-state index < -0.39 is 0 Å². The summed E-state index contributed by atoms with van der Waals surface area (Å²) in [6.07, 6.45) is 0.964. The van der Waals surface area contributed by atoms with E-state index in [0.717, 1.165) is 19.6 Å². The molecule has 0 spiro atoms. The minimum Gasteiger partial charge on any atom is -0.325 e. The first-order valence-electron chi connectivity index (χ1n) is 6.53. The van der Waals surface area contributed by atoms with Crippen LogP contribution in [0, 0.1) is 11.3 Å². The highest BCUT2D eigenvalue weighted by atomic mass is 16.2. The smallest absolute Gasteiger partial charge is 0.227 e. The van der Waals surface area contributed by atoms with Gasteiger partial charge in [0.05, 0.1) is 6.67 Å². The number of rotatable bonds is 0. The summed E-state index contributed by atoms with van der Waals surface area (Å²) in [5.74, 6) is 0.445. The van der Waals surface area contributed by atoms with Gasteiger partial charge in [-0.3, -0.25) is 9.69 Å². The summed E-state index contributed by atoms with van der Waals surface area (Å²) in [6.45, 7) is 14.6. The predicted molar refractivity (Wildman–Crippen MR) is 71.7 cm³/mol. The van der Waals surface area contributed by atoms with Gasteiger partial charge in [0, 0.05) is 18.0 Å². The molecule has 0 aromatic rings. The fourth-order valence-corrected chi connectivity index (χ4v) is 2.39. The monoisotopic (exact) mass is 240 g/mol. The second-order valence-corrected chi connectivity index (χ2v) is 7.37. The average Bonchev–Trinajstić information content (AvgIpc) is 2.23. The summed E-state index contributed by atoms with van der Waals surface area (Å²) in [4.78, 5) is 17.0. The van der Waals surface area contributed by atoms with E-state index in [-0.39, 0.29) is 16.9 Å². The molecular formula is C14H28N2O. The van der Waals surface area contributed by atoms with Crippen LogP contribution in [0.3, 0.4) is 0 Å². The van der Waals surface area contributed by atoms with Gasteiger partial charge in [-0.05, 0) is 39.7 Å². The van der Waals surface area contributed by atoms with E-state index in [1.165, 1.54) is 0 Å². The fourth-order valence-electron chi connectivity index (χ4n) is 2.39. The molecule has 100 valence electrons. The molecule has 0 N–H and O–H groups in total. The van der Waals surface area contributed by atoms with E-state index in [1.54, 1.807) is 0 Å². The van der Waals surface area contributed by atoms with Crippen molar-refractivity contribution in [1.82, 2.24) is 9.80 Å². The quantitative estimate of drug-likeness (QED) is 0.650. The van der Waals surface area contributed by atoms with Gasteiger partial charge in [-0.15, -0.1) is 0 Å². The third-order valence-electron chi connectivity index (χ3n) is 3.60. The average molecular weight is 240 g/mol. The Morgan fingerprint density at radius 3 is 2.06 bits per heavy atom. The molecule has 1 atom stereocenters. The molecule has 1 amide bonds. The Hall–Kier alpha value is -0.570. The number of carbonyl (C=O) groups excluding carboxylic acids is 1. The van der Waals surface area contributed by atoms with Gasteiger partial charge in [0.1, 0.15) is 0 Å². The molecule has 1 aliphatic heterocycles. The van der Waals surface area contributed by atoms with Crippen LogP contribution in [-0.2, 0) is 4.79 Å². The van der Waals surface area contributed by atoms with Crippen LogP contribution < -0.4 is 0 Å². The summed E-state index contributed by atoms with van der Waals surface area (Å²) in [5, 5.41) is 0. The number of nitrogens with zero attached hydrogens (tertiary/aromatic N) is 2. The van der Waals surface area contributed by atoms with E-state index >= 15 is 0 Å². The Kier molecular flexibility index (Phi) is 3.92. The molecule has 1 aliphatic rings. The van der Waals surface area contributed by atoms with E-state index in [2.05, 4.69) is 53.5 Å².